The number of aliphatic hydroxyl groups is 5. The summed E-state index contributed by atoms with van der Waals surface area (Å²) in [6, 6.07) is 0. The lowest BCUT2D eigenvalue weighted by molar-refractivity contribution is -0.298. The molecule has 0 radical (unpaired) electrons. The van der Waals surface area contributed by atoms with Crippen LogP contribution >= 0.6 is 0 Å². The van der Waals surface area contributed by atoms with Crippen molar-refractivity contribution in [3.63, 3.8) is 0 Å². The van der Waals surface area contributed by atoms with Gasteiger partial charge in [0.25, 0.3) is 0 Å². The van der Waals surface area contributed by atoms with E-state index in [1.165, 1.54) is 18.4 Å². The minimum Gasteiger partial charge on any atom is -0.466 e. The van der Waals surface area contributed by atoms with Crippen LogP contribution in [-0.2, 0) is 9.47 Å². The van der Waals surface area contributed by atoms with Gasteiger partial charge in [0, 0.05) is 5.41 Å². The molecule has 7 nitrogen and oxygen atoms in total. The van der Waals surface area contributed by atoms with Crippen LogP contribution in [0.2, 0.25) is 0 Å². The molecular weight excluding hydrogens is 544 g/mol. The largest absolute Gasteiger partial charge is 0.466 e. The Labute approximate surface area is 259 Å². The molecule has 4 fully saturated rings. The van der Waals surface area contributed by atoms with E-state index in [2.05, 4.69) is 61.1 Å². The van der Waals surface area contributed by atoms with Crippen molar-refractivity contribution in [2.75, 3.05) is 6.61 Å². The van der Waals surface area contributed by atoms with Gasteiger partial charge in [0.1, 0.15) is 30.2 Å². The number of ether oxygens (including phenoxy) is 2. The molecule has 1 heterocycles. The first-order valence-corrected chi connectivity index (χ1v) is 17.1. The van der Waals surface area contributed by atoms with Gasteiger partial charge in [0.15, 0.2) is 0 Å². The summed E-state index contributed by atoms with van der Waals surface area (Å²) in [5.41, 5.74) is 1.09. The Morgan fingerprint density at radius 2 is 1.65 bits per heavy atom. The van der Waals surface area contributed by atoms with Crippen LogP contribution < -0.4 is 0 Å². The maximum absolute atomic E-state index is 12.0. The van der Waals surface area contributed by atoms with Gasteiger partial charge in [0.05, 0.1) is 12.7 Å². The third-order valence-electron chi connectivity index (χ3n) is 13.8. The lowest BCUT2D eigenvalue weighted by Gasteiger charge is -2.69. The van der Waals surface area contributed by atoms with Crippen LogP contribution in [0.4, 0.5) is 0 Å². The van der Waals surface area contributed by atoms with E-state index in [0.29, 0.717) is 23.7 Å². The lowest BCUT2D eigenvalue weighted by atomic mass is 9.36. The van der Waals surface area contributed by atoms with E-state index in [-0.39, 0.29) is 33.7 Å². The van der Waals surface area contributed by atoms with Crippen LogP contribution in [0.3, 0.4) is 0 Å². The molecule has 5 N–H and O–H groups in total. The Balaban J connectivity index is 1.39. The van der Waals surface area contributed by atoms with Gasteiger partial charge in [-0.3, -0.25) is 0 Å². The molecule has 43 heavy (non-hydrogen) atoms. The zero-order valence-electron chi connectivity index (χ0n) is 27.8. The molecule has 2 unspecified atom stereocenters. The van der Waals surface area contributed by atoms with Crippen LogP contribution in [0.25, 0.3) is 0 Å². The molecule has 3 saturated carbocycles. The third-order valence-corrected chi connectivity index (χ3v) is 13.8. The Bertz CT molecular complexity index is 1070. The smallest absolute Gasteiger partial charge is 0.228 e. The molecule has 0 aromatic carbocycles. The summed E-state index contributed by atoms with van der Waals surface area (Å²) >= 11 is 0. The fourth-order valence-electron chi connectivity index (χ4n) is 11.2. The molecular formula is C36H60O7. The molecule has 5 aliphatic rings. The van der Waals surface area contributed by atoms with E-state index in [1.807, 2.05) is 0 Å². The summed E-state index contributed by atoms with van der Waals surface area (Å²) in [5, 5.41) is 52.9. The molecule has 1 saturated heterocycles. The van der Waals surface area contributed by atoms with E-state index in [4.69, 9.17) is 9.47 Å². The molecule has 7 heteroatoms. The highest BCUT2D eigenvalue weighted by Crippen LogP contribution is 2.75. The monoisotopic (exact) mass is 604 g/mol. The van der Waals surface area contributed by atoms with Crippen molar-refractivity contribution in [1.82, 2.24) is 0 Å². The zero-order chi connectivity index (χ0) is 31.7. The Kier molecular flexibility index (Phi) is 9.08. The first-order chi connectivity index (χ1) is 20.0. The van der Waals surface area contributed by atoms with Gasteiger partial charge in [-0.1, -0.05) is 67.0 Å². The first kappa shape index (κ1) is 33.4. The molecule has 0 spiro atoms. The molecule has 0 bridgehead atoms. The number of aliphatic hydroxyl groups excluding tert-OH is 5. The Hall–Kier alpha value is -0.960. The summed E-state index contributed by atoms with van der Waals surface area (Å²) < 4.78 is 12.0. The predicted octanol–water partition coefficient (Wildman–Crippen LogP) is 5.34. The van der Waals surface area contributed by atoms with Gasteiger partial charge in [-0.05, 0) is 103 Å². The molecule has 0 aromatic rings. The summed E-state index contributed by atoms with van der Waals surface area (Å²) in [7, 11) is 0. The second-order valence-corrected chi connectivity index (χ2v) is 16.7. The molecule has 0 amide bonds. The highest BCUT2D eigenvalue weighted by Gasteiger charge is 2.70. The fraction of sp³-hybridized carbons (Fsp3) is 0.889. The Morgan fingerprint density at radius 1 is 0.977 bits per heavy atom. The molecule has 13 atom stereocenters. The number of hydrogen-bond acceptors (Lipinski definition) is 7. The third kappa shape index (κ3) is 5.17. The van der Waals surface area contributed by atoms with Gasteiger partial charge in [-0.25, -0.2) is 0 Å². The number of hydrogen-bond donors (Lipinski definition) is 5. The van der Waals surface area contributed by atoms with Crippen LogP contribution in [0.15, 0.2) is 24.0 Å². The van der Waals surface area contributed by atoms with Gasteiger partial charge >= 0.3 is 0 Å². The normalized spacial score (nSPS) is 49.1. The highest BCUT2D eigenvalue weighted by molar-refractivity contribution is 5.26. The summed E-state index contributed by atoms with van der Waals surface area (Å²) in [6.07, 6.45) is 4.79. The summed E-state index contributed by atoms with van der Waals surface area (Å²) in [4.78, 5) is 0. The van der Waals surface area contributed by atoms with Crippen molar-refractivity contribution in [3.8, 4) is 0 Å². The van der Waals surface area contributed by atoms with Crippen molar-refractivity contribution < 1.29 is 35.0 Å². The van der Waals surface area contributed by atoms with E-state index in [9.17, 15) is 25.5 Å². The standard InChI is InChI=1S/C36H60O7/c1-20(2)10-9-11-21(3)22-12-16-36(8)28(22)23(38)18-26-34(6)15-14-27(33(4,5)25(34)13-17-35(26,36)7)43-32-31(41)30(40)29(39)24(19-37)42-32/h14,20,22-26,28-32,37-41H,3,9-13,15-19H2,1-2,4-8H3/t22-,23?,24-,25?,26-,28+,29-,30+,31-,32+,34+,35-,36+/m1/s1. The minimum atomic E-state index is -1.47. The van der Waals surface area contributed by atoms with Crippen LogP contribution in [0.5, 0.6) is 0 Å². The van der Waals surface area contributed by atoms with E-state index in [1.54, 1.807) is 0 Å². The zero-order valence-corrected chi connectivity index (χ0v) is 27.8. The SMILES string of the molecule is C=C(CCCC(C)C)[C@H]1CC[C@@]2(C)[C@@H]1C(O)C[C@@H]1[C@@]3(C)CC=C(O[C@@H]4O[C@H](CO)[C@@H](O)[C@H](O)[C@H]4O)C(C)(C)C3CC[C@]12C. The minimum absolute atomic E-state index is 0.0416. The second kappa shape index (κ2) is 11.7. The molecule has 246 valence electrons. The summed E-state index contributed by atoms with van der Waals surface area (Å²) in [6.45, 7) is 20.5. The number of rotatable bonds is 8. The number of allylic oxidation sites excluding steroid dienone is 3. The fourth-order valence-corrected chi connectivity index (χ4v) is 11.2. The maximum atomic E-state index is 12.0. The van der Waals surface area contributed by atoms with E-state index < -0.39 is 37.3 Å². The van der Waals surface area contributed by atoms with E-state index in [0.717, 1.165) is 50.7 Å². The highest BCUT2D eigenvalue weighted by atomic mass is 16.7. The van der Waals surface area contributed by atoms with Gasteiger partial charge in [0.2, 0.25) is 6.29 Å². The van der Waals surface area contributed by atoms with Gasteiger partial charge in [-0.2, -0.15) is 0 Å². The first-order valence-electron chi connectivity index (χ1n) is 17.1. The van der Waals surface area contributed by atoms with Crippen LogP contribution in [0.1, 0.15) is 106 Å². The topological polar surface area (TPSA) is 120 Å². The van der Waals surface area contributed by atoms with Crippen molar-refractivity contribution in [1.29, 1.82) is 0 Å². The molecule has 5 rings (SSSR count). The van der Waals surface area contributed by atoms with Crippen molar-refractivity contribution in [3.05, 3.63) is 24.0 Å². The lowest BCUT2D eigenvalue weighted by Crippen LogP contribution is -2.65. The predicted molar refractivity (Wildman–Crippen MR) is 167 cm³/mol. The van der Waals surface area contributed by atoms with Crippen molar-refractivity contribution in [2.45, 2.75) is 143 Å². The molecule has 1 aliphatic heterocycles. The quantitative estimate of drug-likeness (QED) is 0.238. The van der Waals surface area contributed by atoms with Gasteiger partial charge in [-0.15, -0.1) is 0 Å². The maximum Gasteiger partial charge on any atom is 0.228 e. The van der Waals surface area contributed by atoms with Crippen molar-refractivity contribution in [2.24, 2.45) is 51.2 Å². The van der Waals surface area contributed by atoms with E-state index >= 15 is 0 Å². The number of fused-ring (bicyclic) bond motifs is 5. The molecule has 4 aliphatic carbocycles. The average Bonchev–Trinajstić information content (AvgIpc) is 3.31. The molecule has 0 aromatic heterocycles. The summed E-state index contributed by atoms with van der Waals surface area (Å²) in [5.74, 6) is 2.73. The van der Waals surface area contributed by atoms with Crippen molar-refractivity contribution >= 4 is 0 Å². The average molecular weight is 605 g/mol. The van der Waals surface area contributed by atoms with Crippen LogP contribution in [0, 0.1) is 51.2 Å². The Morgan fingerprint density at radius 3 is 2.30 bits per heavy atom. The second-order valence-electron chi connectivity index (χ2n) is 16.7. The van der Waals surface area contributed by atoms with Crippen LogP contribution in [-0.4, -0.2) is 68.9 Å². The van der Waals surface area contributed by atoms with Gasteiger partial charge < -0.3 is 35.0 Å².